The topological polar surface area (TPSA) is 79.6 Å². The average Bonchev–Trinajstić information content (AvgIpc) is 3.12. The first-order valence-electron chi connectivity index (χ1n) is 7.42. The van der Waals surface area contributed by atoms with Gasteiger partial charge in [0, 0.05) is 24.3 Å². The molecule has 2 heterocycles. The summed E-state index contributed by atoms with van der Waals surface area (Å²) in [6.07, 6.45) is 2.17. The Bertz CT molecular complexity index is 855. The van der Waals surface area contributed by atoms with Crippen LogP contribution in [0.2, 0.25) is 0 Å². The van der Waals surface area contributed by atoms with Crippen LogP contribution in [-0.4, -0.2) is 27.4 Å². The summed E-state index contributed by atoms with van der Waals surface area (Å²) in [7, 11) is -3.55. The molecule has 1 aromatic heterocycles. The third-order valence-corrected chi connectivity index (χ3v) is 5.44. The van der Waals surface area contributed by atoms with E-state index >= 15 is 0 Å². The summed E-state index contributed by atoms with van der Waals surface area (Å²) in [5, 5.41) is 0. The summed E-state index contributed by atoms with van der Waals surface area (Å²) < 4.78 is 32.0. The Morgan fingerprint density at radius 1 is 1.35 bits per heavy atom. The number of aryl methyl sites for hydroxylation is 1. The number of rotatable bonds is 4. The molecule has 0 aliphatic carbocycles. The molecule has 1 aromatic carbocycles. The zero-order chi connectivity index (χ0) is 16.6. The van der Waals surface area contributed by atoms with Crippen LogP contribution in [0, 0.1) is 6.92 Å². The number of fused-ring (bicyclic) bond motifs is 1. The zero-order valence-electron chi connectivity index (χ0n) is 13.0. The van der Waals surface area contributed by atoms with Crippen LogP contribution in [0.15, 0.2) is 39.8 Å². The van der Waals surface area contributed by atoms with Crippen molar-refractivity contribution < 1.29 is 17.6 Å². The van der Waals surface area contributed by atoms with E-state index in [2.05, 4.69) is 4.72 Å². The summed E-state index contributed by atoms with van der Waals surface area (Å²) in [6.45, 7) is 4.35. The normalized spacial score (nSPS) is 14.1. The highest BCUT2D eigenvalue weighted by molar-refractivity contribution is 7.89. The Morgan fingerprint density at radius 2 is 2.13 bits per heavy atom. The van der Waals surface area contributed by atoms with Crippen LogP contribution in [0.5, 0.6) is 0 Å². The molecule has 1 amide bonds. The minimum atomic E-state index is -3.55. The highest BCUT2D eigenvalue weighted by Crippen LogP contribution is 2.32. The Hall–Kier alpha value is -2.12. The summed E-state index contributed by atoms with van der Waals surface area (Å²) in [6, 6.07) is 6.62. The van der Waals surface area contributed by atoms with Crippen LogP contribution in [0.3, 0.4) is 0 Å². The highest BCUT2D eigenvalue weighted by atomic mass is 32.2. The molecule has 0 atom stereocenters. The van der Waals surface area contributed by atoms with E-state index in [9.17, 15) is 13.2 Å². The minimum Gasteiger partial charge on any atom is -0.459 e. The minimum absolute atomic E-state index is 0.161. The van der Waals surface area contributed by atoms with Gasteiger partial charge in [-0.2, -0.15) is 0 Å². The standard InChI is InChI=1S/C16H18N2O4S/c1-3-17-23(20,21)13-5-4-12-6-8-18(14(12)10-13)16(19)15-11(2)7-9-22-15/h4-5,7,9-10,17H,3,6,8H2,1-2H3. The number of carbonyl (C=O) groups is 1. The van der Waals surface area contributed by atoms with Crippen molar-refractivity contribution in [3.63, 3.8) is 0 Å². The lowest BCUT2D eigenvalue weighted by atomic mass is 10.2. The molecule has 1 aliphatic rings. The number of sulfonamides is 1. The van der Waals surface area contributed by atoms with Gasteiger partial charge in [0.2, 0.25) is 10.0 Å². The molecule has 0 saturated heterocycles. The van der Waals surface area contributed by atoms with E-state index in [1.165, 1.54) is 6.26 Å². The zero-order valence-corrected chi connectivity index (χ0v) is 13.8. The molecule has 1 aliphatic heterocycles. The fraction of sp³-hybridized carbons (Fsp3) is 0.312. The van der Waals surface area contributed by atoms with E-state index in [4.69, 9.17) is 4.42 Å². The van der Waals surface area contributed by atoms with E-state index in [0.717, 1.165) is 11.1 Å². The lowest BCUT2D eigenvalue weighted by Gasteiger charge is -2.17. The second-order valence-corrected chi connectivity index (χ2v) is 7.20. The van der Waals surface area contributed by atoms with E-state index in [1.54, 1.807) is 43.0 Å². The Kier molecular flexibility index (Phi) is 3.99. The number of hydrogen-bond donors (Lipinski definition) is 1. The second kappa shape index (κ2) is 5.82. The van der Waals surface area contributed by atoms with Crippen molar-refractivity contribution in [3.05, 3.63) is 47.4 Å². The van der Waals surface area contributed by atoms with Crippen molar-refractivity contribution in [1.29, 1.82) is 0 Å². The van der Waals surface area contributed by atoms with E-state index in [1.807, 2.05) is 0 Å². The van der Waals surface area contributed by atoms with Crippen LogP contribution in [0.4, 0.5) is 5.69 Å². The van der Waals surface area contributed by atoms with Gasteiger partial charge in [-0.05, 0) is 37.1 Å². The van der Waals surface area contributed by atoms with Gasteiger partial charge in [0.05, 0.1) is 11.2 Å². The number of benzene rings is 1. The first-order valence-corrected chi connectivity index (χ1v) is 8.91. The number of anilines is 1. The van der Waals surface area contributed by atoms with Gasteiger partial charge in [0.15, 0.2) is 5.76 Å². The van der Waals surface area contributed by atoms with Crippen LogP contribution in [-0.2, 0) is 16.4 Å². The number of amides is 1. The van der Waals surface area contributed by atoms with Crippen molar-refractivity contribution in [3.8, 4) is 0 Å². The number of nitrogens with zero attached hydrogens (tertiary/aromatic N) is 1. The lowest BCUT2D eigenvalue weighted by molar-refractivity contribution is 0.0962. The summed E-state index contributed by atoms with van der Waals surface area (Å²) in [4.78, 5) is 14.4. The fourth-order valence-corrected chi connectivity index (χ4v) is 3.79. The molecule has 0 spiro atoms. The molecule has 1 N–H and O–H groups in total. The van der Waals surface area contributed by atoms with Gasteiger partial charge in [-0.1, -0.05) is 13.0 Å². The van der Waals surface area contributed by atoms with Crippen LogP contribution in [0.1, 0.15) is 28.6 Å². The lowest BCUT2D eigenvalue weighted by Crippen LogP contribution is -2.29. The molecule has 0 bridgehead atoms. The van der Waals surface area contributed by atoms with E-state index in [0.29, 0.717) is 25.2 Å². The smallest absolute Gasteiger partial charge is 0.294 e. The van der Waals surface area contributed by atoms with Gasteiger partial charge in [-0.15, -0.1) is 0 Å². The maximum Gasteiger partial charge on any atom is 0.294 e. The van der Waals surface area contributed by atoms with Crippen LogP contribution >= 0.6 is 0 Å². The molecule has 7 heteroatoms. The van der Waals surface area contributed by atoms with Crippen molar-refractivity contribution in [2.24, 2.45) is 0 Å². The van der Waals surface area contributed by atoms with Gasteiger partial charge >= 0.3 is 0 Å². The fourth-order valence-electron chi connectivity index (χ4n) is 2.72. The van der Waals surface area contributed by atoms with Crippen molar-refractivity contribution in [2.45, 2.75) is 25.2 Å². The molecule has 0 radical (unpaired) electrons. The predicted octanol–water partition coefficient (Wildman–Crippen LogP) is 2.09. The van der Waals surface area contributed by atoms with Gasteiger partial charge < -0.3 is 9.32 Å². The molecular weight excluding hydrogens is 316 g/mol. The highest BCUT2D eigenvalue weighted by Gasteiger charge is 2.29. The SMILES string of the molecule is CCNS(=O)(=O)c1ccc2c(c1)N(C(=O)c1occc1C)CC2. The predicted molar refractivity (Wildman–Crippen MR) is 86.1 cm³/mol. The van der Waals surface area contributed by atoms with Crippen molar-refractivity contribution >= 4 is 21.6 Å². The molecule has 23 heavy (non-hydrogen) atoms. The van der Waals surface area contributed by atoms with Gasteiger partial charge in [-0.25, -0.2) is 13.1 Å². The number of furan rings is 1. The monoisotopic (exact) mass is 334 g/mol. The maximum absolute atomic E-state index is 12.6. The third-order valence-electron chi connectivity index (χ3n) is 3.90. The first kappa shape index (κ1) is 15.8. The molecule has 6 nitrogen and oxygen atoms in total. The summed E-state index contributed by atoms with van der Waals surface area (Å²) >= 11 is 0. The molecule has 2 aromatic rings. The third kappa shape index (κ3) is 2.77. The van der Waals surface area contributed by atoms with Crippen molar-refractivity contribution in [2.75, 3.05) is 18.0 Å². The van der Waals surface area contributed by atoms with E-state index < -0.39 is 10.0 Å². The summed E-state index contributed by atoms with van der Waals surface area (Å²) in [5.74, 6) is 0.0436. The van der Waals surface area contributed by atoms with E-state index in [-0.39, 0.29) is 16.6 Å². The number of carbonyl (C=O) groups excluding carboxylic acids is 1. The first-order chi connectivity index (χ1) is 10.9. The van der Waals surface area contributed by atoms with Crippen LogP contribution in [0.25, 0.3) is 0 Å². The maximum atomic E-state index is 12.6. The largest absolute Gasteiger partial charge is 0.459 e. The molecule has 0 fully saturated rings. The molecule has 0 unspecified atom stereocenters. The van der Waals surface area contributed by atoms with Gasteiger partial charge in [0.1, 0.15) is 0 Å². The molecule has 0 saturated carbocycles. The van der Waals surface area contributed by atoms with Gasteiger partial charge in [0.25, 0.3) is 5.91 Å². The Labute approximate surface area is 135 Å². The molecular formula is C16H18N2O4S. The molecule has 122 valence electrons. The Balaban J connectivity index is 1.99. The van der Waals surface area contributed by atoms with Crippen LogP contribution < -0.4 is 9.62 Å². The Morgan fingerprint density at radius 3 is 2.78 bits per heavy atom. The second-order valence-electron chi connectivity index (χ2n) is 5.43. The number of nitrogens with one attached hydrogen (secondary N) is 1. The van der Waals surface area contributed by atoms with Crippen molar-refractivity contribution in [1.82, 2.24) is 4.72 Å². The quantitative estimate of drug-likeness (QED) is 0.928. The number of hydrogen-bond acceptors (Lipinski definition) is 4. The molecule has 3 rings (SSSR count). The average molecular weight is 334 g/mol. The van der Waals surface area contributed by atoms with Gasteiger partial charge in [-0.3, -0.25) is 4.79 Å². The summed E-state index contributed by atoms with van der Waals surface area (Å²) in [5.41, 5.74) is 2.35.